The summed E-state index contributed by atoms with van der Waals surface area (Å²) >= 11 is 0. The first-order valence-corrected chi connectivity index (χ1v) is 11.3. The summed E-state index contributed by atoms with van der Waals surface area (Å²) in [6.45, 7) is 14.5. The molecule has 0 aliphatic heterocycles. The summed E-state index contributed by atoms with van der Waals surface area (Å²) in [5.41, 5.74) is 1.78. The fraction of sp³-hybridized carbons (Fsp3) is 0.560. The van der Waals surface area contributed by atoms with Gasteiger partial charge in [0.15, 0.2) is 0 Å². The predicted molar refractivity (Wildman–Crippen MR) is 129 cm³/mol. The standard InChI is InChI=1S/C25H39N3O5/c1-8-10-13-26-22(30)21(19-12-11-17(3)15-18(19)4)28(14-9-2)23(31)20(16-29)27-24(32)33-25(5,6)7/h9,11-12,15,20-21,29H,2,8,10,13-14,16H2,1,3-7H3,(H,26,30)(H,27,32). The molecule has 0 fully saturated rings. The van der Waals surface area contributed by atoms with Crippen LogP contribution in [-0.4, -0.2) is 59.3 Å². The van der Waals surface area contributed by atoms with Gasteiger partial charge < -0.3 is 25.4 Å². The van der Waals surface area contributed by atoms with Crippen molar-refractivity contribution in [2.24, 2.45) is 0 Å². The first kappa shape index (κ1) is 28.2. The highest BCUT2D eigenvalue weighted by molar-refractivity contribution is 5.92. The van der Waals surface area contributed by atoms with Crippen molar-refractivity contribution in [2.75, 3.05) is 19.7 Å². The molecular weight excluding hydrogens is 422 g/mol. The quantitative estimate of drug-likeness (QED) is 0.347. The van der Waals surface area contributed by atoms with Crippen molar-refractivity contribution in [2.45, 2.75) is 72.1 Å². The normalized spacial score (nSPS) is 12.9. The maximum Gasteiger partial charge on any atom is 0.408 e. The summed E-state index contributed by atoms with van der Waals surface area (Å²) in [7, 11) is 0. The topological polar surface area (TPSA) is 108 Å². The molecule has 0 saturated heterocycles. The molecule has 8 heteroatoms. The lowest BCUT2D eigenvalue weighted by molar-refractivity contribution is -0.142. The Kier molecular flexibility index (Phi) is 11.1. The number of amides is 3. The van der Waals surface area contributed by atoms with Gasteiger partial charge in [-0.2, -0.15) is 0 Å². The van der Waals surface area contributed by atoms with Crippen LogP contribution >= 0.6 is 0 Å². The van der Waals surface area contributed by atoms with Crippen LogP contribution in [0.5, 0.6) is 0 Å². The number of hydrogen-bond acceptors (Lipinski definition) is 5. The number of ether oxygens (including phenoxy) is 1. The lowest BCUT2D eigenvalue weighted by Crippen LogP contribution is -2.54. The summed E-state index contributed by atoms with van der Waals surface area (Å²) in [6.07, 6.45) is 2.40. The number of carbonyl (C=O) groups is 3. The Labute approximate surface area is 197 Å². The van der Waals surface area contributed by atoms with Crippen LogP contribution in [0.2, 0.25) is 0 Å². The van der Waals surface area contributed by atoms with Gasteiger partial charge in [-0.25, -0.2) is 4.79 Å². The van der Waals surface area contributed by atoms with Gasteiger partial charge in [-0.1, -0.05) is 43.2 Å². The molecule has 1 aromatic carbocycles. The minimum Gasteiger partial charge on any atom is -0.444 e. The summed E-state index contributed by atoms with van der Waals surface area (Å²) < 4.78 is 5.22. The number of aliphatic hydroxyl groups is 1. The maximum absolute atomic E-state index is 13.5. The van der Waals surface area contributed by atoms with Crippen molar-refractivity contribution in [1.82, 2.24) is 15.5 Å². The molecule has 2 unspecified atom stereocenters. The Balaban J connectivity index is 3.35. The van der Waals surface area contributed by atoms with E-state index >= 15 is 0 Å². The third-order valence-corrected chi connectivity index (χ3v) is 4.89. The highest BCUT2D eigenvalue weighted by atomic mass is 16.6. The third-order valence-electron chi connectivity index (χ3n) is 4.89. The van der Waals surface area contributed by atoms with Crippen LogP contribution in [0.25, 0.3) is 0 Å². The number of rotatable bonds is 11. The number of nitrogens with one attached hydrogen (secondary N) is 2. The SMILES string of the molecule is C=CCN(C(=O)C(CO)NC(=O)OC(C)(C)C)C(C(=O)NCCCC)c1ccc(C)cc1C. The molecule has 3 N–H and O–H groups in total. The number of carbonyl (C=O) groups excluding carboxylic acids is 3. The van der Waals surface area contributed by atoms with E-state index in [1.165, 1.54) is 11.0 Å². The van der Waals surface area contributed by atoms with Crippen LogP contribution in [0.4, 0.5) is 4.79 Å². The van der Waals surface area contributed by atoms with E-state index in [1.54, 1.807) is 20.8 Å². The Morgan fingerprint density at radius 1 is 1.24 bits per heavy atom. The van der Waals surface area contributed by atoms with Crippen LogP contribution in [-0.2, 0) is 14.3 Å². The van der Waals surface area contributed by atoms with Gasteiger partial charge in [0.1, 0.15) is 17.7 Å². The van der Waals surface area contributed by atoms with Crippen molar-refractivity contribution >= 4 is 17.9 Å². The second kappa shape index (κ2) is 13.0. The minimum atomic E-state index is -1.28. The molecule has 0 aromatic heterocycles. The van der Waals surface area contributed by atoms with Gasteiger partial charge in [0, 0.05) is 13.1 Å². The maximum atomic E-state index is 13.5. The summed E-state index contributed by atoms with van der Waals surface area (Å²) in [6, 6.07) is 3.42. The van der Waals surface area contributed by atoms with E-state index in [9.17, 15) is 19.5 Å². The van der Waals surface area contributed by atoms with E-state index in [1.807, 2.05) is 39.0 Å². The molecule has 0 saturated carbocycles. The van der Waals surface area contributed by atoms with Crippen LogP contribution in [0.15, 0.2) is 30.9 Å². The number of aryl methyl sites for hydroxylation is 2. The zero-order chi connectivity index (χ0) is 25.2. The molecule has 1 rings (SSSR count). The van der Waals surface area contributed by atoms with Crippen LogP contribution in [0, 0.1) is 13.8 Å². The zero-order valence-corrected chi connectivity index (χ0v) is 20.7. The number of aliphatic hydroxyl groups excluding tert-OH is 1. The molecule has 0 bridgehead atoms. The van der Waals surface area contributed by atoms with E-state index < -0.39 is 36.3 Å². The van der Waals surface area contributed by atoms with E-state index in [2.05, 4.69) is 17.2 Å². The Morgan fingerprint density at radius 3 is 2.42 bits per heavy atom. The molecule has 2 atom stereocenters. The molecule has 0 radical (unpaired) electrons. The summed E-state index contributed by atoms with van der Waals surface area (Å²) in [4.78, 5) is 40.3. The monoisotopic (exact) mass is 461 g/mol. The van der Waals surface area contributed by atoms with Crippen LogP contribution < -0.4 is 10.6 Å². The summed E-state index contributed by atoms with van der Waals surface area (Å²) in [5.74, 6) is -0.946. The van der Waals surface area contributed by atoms with E-state index in [0.29, 0.717) is 12.1 Å². The van der Waals surface area contributed by atoms with E-state index in [0.717, 1.165) is 24.0 Å². The van der Waals surface area contributed by atoms with Gasteiger partial charge in [-0.05, 0) is 52.2 Å². The molecule has 0 aliphatic rings. The second-order valence-electron chi connectivity index (χ2n) is 9.07. The summed E-state index contributed by atoms with van der Waals surface area (Å²) in [5, 5.41) is 15.2. The molecule has 33 heavy (non-hydrogen) atoms. The van der Waals surface area contributed by atoms with E-state index in [4.69, 9.17) is 4.74 Å². The van der Waals surface area contributed by atoms with Crippen molar-refractivity contribution in [3.05, 3.63) is 47.5 Å². The van der Waals surface area contributed by atoms with Gasteiger partial charge in [0.25, 0.3) is 0 Å². The fourth-order valence-electron chi connectivity index (χ4n) is 3.37. The molecule has 184 valence electrons. The molecule has 1 aromatic rings. The lowest BCUT2D eigenvalue weighted by atomic mass is 9.96. The molecule has 0 spiro atoms. The van der Waals surface area contributed by atoms with Crippen molar-refractivity contribution in [3.63, 3.8) is 0 Å². The average Bonchev–Trinajstić information content (AvgIpc) is 2.71. The first-order valence-electron chi connectivity index (χ1n) is 11.3. The number of nitrogens with zero attached hydrogens (tertiary/aromatic N) is 1. The molecule has 0 aliphatic carbocycles. The number of hydrogen-bond donors (Lipinski definition) is 3. The Morgan fingerprint density at radius 2 is 1.91 bits per heavy atom. The van der Waals surface area contributed by atoms with E-state index in [-0.39, 0.29) is 12.5 Å². The zero-order valence-electron chi connectivity index (χ0n) is 20.7. The number of benzene rings is 1. The van der Waals surface area contributed by atoms with Gasteiger partial charge in [-0.3, -0.25) is 9.59 Å². The van der Waals surface area contributed by atoms with Gasteiger partial charge in [-0.15, -0.1) is 6.58 Å². The highest BCUT2D eigenvalue weighted by Gasteiger charge is 2.36. The second-order valence-corrected chi connectivity index (χ2v) is 9.07. The fourth-order valence-corrected chi connectivity index (χ4v) is 3.37. The molecule has 8 nitrogen and oxygen atoms in total. The Bertz CT molecular complexity index is 832. The smallest absolute Gasteiger partial charge is 0.408 e. The van der Waals surface area contributed by atoms with Crippen LogP contribution in [0.3, 0.4) is 0 Å². The molecule has 0 heterocycles. The molecule has 3 amide bonds. The van der Waals surface area contributed by atoms with Crippen molar-refractivity contribution < 1.29 is 24.2 Å². The Hall–Kier alpha value is -2.87. The van der Waals surface area contributed by atoms with Gasteiger partial charge in [0.05, 0.1) is 6.61 Å². The number of alkyl carbamates (subject to hydrolysis) is 1. The minimum absolute atomic E-state index is 0.0461. The average molecular weight is 462 g/mol. The lowest BCUT2D eigenvalue weighted by Gasteiger charge is -2.34. The predicted octanol–water partition coefficient (Wildman–Crippen LogP) is 3.16. The van der Waals surface area contributed by atoms with Gasteiger partial charge in [0.2, 0.25) is 11.8 Å². The van der Waals surface area contributed by atoms with Crippen molar-refractivity contribution in [3.8, 4) is 0 Å². The van der Waals surface area contributed by atoms with Crippen molar-refractivity contribution in [1.29, 1.82) is 0 Å². The largest absolute Gasteiger partial charge is 0.444 e. The third kappa shape index (κ3) is 8.88. The molecular formula is C25H39N3O5. The first-order chi connectivity index (χ1) is 15.4. The van der Waals surface area contributed by atoms with Gasteiger partial charge >= 0.3 is 6.09 Å². The van der Waals surface area contributed by atoms with Crippen LogP contribution in [0.1, 0.15) is 63.3 Å². The number of unbranched alkanes of at least 4 members (excludes halogenated alkanes) is 1. The highest BCUT2D eigenvalue weighted by Crippen LogP contribution is 2.26.